The number of rotatable bonds is 5. The van der Waals surface area contributed by atoms with Crippen molar-refractivity contribution in [2.24, 2.45) is 5.92 Å². The van der Waals surface area contributed by atoms with E-state index in [0.717, 1.165) is 18.5 Å². The van der Waals surface area contributed by atoms with Crippen LogP contribution in [0.25, 0.3) is 0 Å². The number of hydrogen-bond donors (Lipinski definition) is 1. The molecule has 2 saturated heterocycles. The van der Waals surface area contributed by atoms with Crippen molar-refractivity contribution in [1.82, 2.24) is 19.9 Å². The molecule has 2 fully saturated rings. The van der Waals surface area contributed by atoms with E-state index in [4.69, 9.17) is 19.4 Å². The lowest BCUT2D eigenvalue weighted by Gasteiger charge is -2.50. The van der Waals surface area contributed by atoms with E-state index in [1.807, 2.05) is 6.92 Å². The molecule has 34 heavy (non-hydrogen) atoms. The van der Waals surface area contributed by atoms with Crippen molar-refractivity contribution in [2.45, 2.75) is 31.5 Å². The van der Waals surface area contributed by atoms with Gasteiger partial charge in [0.05, 0.1) is 31.6 Å². The number of halogens is 4. The minimum absolute atomic E-state index is 0.0221. The molecule has 4 rings (SSSR count). The van der Waals surface area contributed by atoms with Crippen molar-refractivity contribution in [2.75, 3.05) is 26.3 Å². The number of aromatic nitrogens is 3. The SMILES string of the molecule is Cc1cnc(C(=O)N2CC3(C2)OCCC3CCOc2ncccc2F)cn1.O=C(O)C(F)(F)F. The first kappa shape index (κ1) is 25.3. The highest BCUT2D eigenvalue weighted by molar-refractivity contribution is 5.92. The molecule has 0 radical (unpaired) electrons. The standard InChI is InChI=1S/C19H21FN4O3.C2HF3O2/c1-13-9-23-16(10-22-13)18(25)24-11-19(12-24)14(5-8-27-19)4-7-26-17-15(20)3-2-6-21-17;3-2(4,5)1(6)7/h2-3,6,9-10,14H,4-5,7-8,11-12H2,1H3;(H,6,7). The summed E-state index contributed by atoms with van der Waals surface area (Å²) in [5.74, 6) is -3.07. The number of carboxylic acid groups (broad SMARTS) is 1. The molecule has 0 bridgehead atoms. The molecule has 9 nitrogen and oxygen atoms in total. The van der Waals surface area contributed by atoms with Gasteiger partial charge in [0, 0.05) is 19.0 Å². The van der Waals surface area contributed by atoms with Crippen LogP contribution >= 0.6 is 0 Å². The Hall–Kier alpha value is -3.35. The third-order valence-corrected chi connectivity index (χ3v) is 5.48. The molecule has 1 amide bonds. The van der Waals surface area contributed by atoms with Crippen LogP contribution < -0.4 is 4.74 Å². The topological polar surface area (TPSA) is 115 Å². The van der Waals surface area contributed by atoms with E-state index in [9.17, 15) is 22.4 Å². The van der Waals surface area contributed by atoms with Gasteiger partial charge in [0.2, 0.25) is 5.88 Å². The molecule has 1 unspecified atom stereocenters. The molecule has 1 atom stereocenters. The molecule has 4 heterocycles. The summed E-state index contributed by atoms with van der Waals surface area (Å²) in [6, 6.07) is 2.85. The summed E-state index contributed by atoms with van der Waals surface area (Å²) in [5, 5.41) is 7.12. The van der Waals surface area contributed by atoms with Gasteiger partial charge in [-0.1, -0.05) is 0 Å². The Labute approximate surface area is 191 Å². The normalized spacial score (nSPS) is 18.6. The van der Waals surface area contributed by atoms with Crippen LogP contribution in [-0.2, 0) is 9.53 Å². The highest BCUT2D eigenvalue weighted by atomic mass is 19.4. The molecule has 0 aromatic carbocycles. The molecule has 13 heteroatoms. The maximum atomic E-state index is 13.6. The number of nitrogens with zero attached hydrogens (tertiary/aromatic N) is 4. The summed E-state index contributed by atoms with van der Waals surface area (Å²) in [4.78, 5) is 35.3. The molecule has 184 valence electrons. The zero-order chi connectivity index (χ0) is 24.9. The first-order valence-electron chi connectivity index (χ1n) is 10.3. The van der Waals surface area contributed by atoms with Crippen LogP contribution in [0.2, 0.25) is 0 Å². The van der Waals surface area contributed by atoms with E-state index in [1.165, 1.54) is 24.5 Å². The van der Waals surface area contributed by atoms with Gasteiger partial charge in [-0.2, -0.15) is 13.2 Å². The number of aryl methyl sites for hydroxylation is 1. The van der Waals surface area contributed by atoms with Crippen LogP contribution in [0, 0.1) is 18.7 Å². The predicted molar refractivity (Wildman–Crippen MR) is 107 cm³/mol. The summed E-state index contributed by atoms with van der Waals surface area (Å²) in [7, 11) is 0. The van der Waals surface area contributed by atoms with Crippen molar-refractivity contribution >= 4 is 11.9 Å². The zero-order valence-corrected chi connectivity index (χ0v) is 18.1. The molecular formula is C21H22F4N4O5. The lowest BCUT2D eigenvalue weighted by atomic mass is 9.79. The van der Waals surface area contributed by atoms with E-state index in [1.54, 1.807) is 11.1 Å². The van der Waals surface area contributed by atoms with Crippen LogP contribution in [0.4, 0.5) is 17.6 Å². The third-order valence-electron chi connectivity index (χ3n) is 5.48. The van der Waals surface area contributed by atoms with Crippen LogP contribution in [0.15, 0.2) is 30.7 Å². The zero-order valence-electron chi connectivity index (χ0n) is 18.1. The van der Waals surface area contributed by atoms with Gasteiger partial charge in [0.1, 0.15) is 11.3 Å². The summed E-state index contributed by atoms with van der Waals surface area (Å²) in [6.07, 6.45) is 1.14. The smallest absolute Gasteiger partial charge is 0.476 e. The first-order chi connectivity index (χ1) is 16.0. The fourth-order valence-corrected chi connectivity index (χ4v) is 3.73. The van der Waals surface area contributed by atoms with Crippen LogP contribution in [0.3, 0.4) is 0 Å². The van der Waals surface area contributed by atoms with Crippen LogP contribution in [-0.4, -0.2) is 74.9 Å². The molecule has 0 aliphatic carbocycles. The molecule has 2 aromatic rings. The number of carboxylic acids is 1. The minimum atomic E-state index is -5.08. The fourth-order valence-electron chi connectivity index (χ4n) is 3.73. The van der Waals surface area contributed by atoms with Gasteiger partial charge in [-0.05, 0) is 37.8 Å². The van der Waals surface area contributed by atoms with Gasteiger partial charge in [-0.15, -0.1) is 0 Å². The Morgan fingerprint density at radius 2 is 1.97 bits per heavy atom. The Morgan fingerprint density at radius 1 is 1.26 bits per heavy atom. The highest BCUT2D eigenvalue weighted by Gasteiger charge is 2.54. The summed E-state index contributed by atoms with van der Waals surface area (Å²) >= 11 is 0. The molecule has 0 saturated carbocycles. The molecule has 2 aromatic heterocycles. The third kappa shape index (κ3) is 5.95. The highest BCUT2D eigenvalue weighted by Crippen LogP contribution is 2.42. The summed E-state index contributed by atoms with van der Waals surface area (Å²) in [5.41, 5.74) is 0.786. The largest absolute Gasteiger partial charge is 0.490 e. The first-order valence-corrected chi connectivity index (χ1v) is 10.3. The van der Waals surface area contributed by atoms with Crippen molar-refractivity contribution in [1.29, 1.82) is 0 Å². The van der Waals surface area contributed by atoms with Gasteiger partial charge in [0.15, 0.2) is 5.82 Å². The maximum absolute atomic E-state index is 13.6. The molecular weight excluding hydrogens is 464 g/mol. The summed E-state index contributed by atoms with van der Waals surface area (Å²) < 4.78 is 56.8. The van der Waals surface area contributed by atoms with E-state index in [-0.39, 0.29) is 23.3 Å². The second-order valence-electron chi connectivity index (χ2n) is 7.83. The van der Waals surface area contributed by atoms with Gasteiger partial charge >= 0.3 is 12.1 Å². The molecule has 1 N–H and O–H groups in total. The van der Waals surface area contributed by atoms with Crippen molar-refractivity contribution < 1.29 is 41.7 Å². The number of hydrogen-bond acceptors (Lipinski definition) is 7. The number of carbonyl (C=O) groups excluding carboxylic acids is 1. The second kappa shape index (κ2) is 10.3. The average Bonchev–Trinajstić information content (AvgIpc) is 3.18. The molecule has 2 aliphatic heterocycles. The van der Waals surface area contributed by atoms with Crippen molar-refractivity contribution in [3.05, 3.63) is 47.9 Å². The van der Waals surface area contributed by atoms with Gasteiger partial charge < -0.3 is 19.5 Å². The number of carbonyl (C=O) groups is 2. The van der Waals surface area contributed by atoms with Gasteiger partial charge in [-0.3, -0.25) is 9.78 Å². The number of aliphatic carboxylic acids is 1. The quantitative estimate of drug-likeness (QED) is 0.642. The Bertz CT molecular complexity index is 1010. The Balaban J connectivity index is 0.000000406. The Kier molecular flexibility index (Phi) is 7.64. The van der Waals surface area contributed by atoms with E-state index < -0.39 is 18.0 Å². The molecule has 1 spiro atoms. The lowest BCUT2D eigenvalue weighted by molar-refractivity contribution is -0.192. The molecule has 2 aliphatic rings. The van der Waals surface area contributed by atoms with E-state index in [0.29, 0.717) is 32.0 Å². The van der Waals surface area contributed by atoms with Crippen molar-refractivity contribution in [3.8, 4) is 5.88 Å². The maximum Gasteiger partial charge on any atom is 0.490 e. The van der Waals surface area contributed by atoms with E-state index in [2.05, 4.69) is 15.0 Å². The average molecular weight is 486 g/mol. The second-order valence-corrected chi connectivity index (χ2v) is 7.83. The van der Waals surface area contributed by atoms with Gasteiger partial charge in [-0.25, -0.2) is 19.2 Å². The number of likely N-dealkylation sites (tertiary alicyclic amines) is 1. The number of alkyl halides is 3. The van der Waals surface area contributed by atoms with E-state index >= 15 is 0 Å². The van der Waals surface area contributed by atoms with Crippen LogP contribution in [0.5, 0.6) is 5.88 Å². The van der Waals surface area contributed by atoms with Crippen LogP contribution in [0.1, 0.15) is 29.0 Å². The number of ether oxygens (including phenoxy) is 2. The van der Waals surface area contributed by atoms with Crippen molar-refractivity contribution in [3.63, 3.8) is 0 Å². The lowest BCUT2D eigenvalue weighted by Crippen LogP contribution is -2.66. The number of pyridine rings is 1. The fraction of sp³-hybridized carbons (Fsp3) is 0.476. The van der Waals surface area contributed by atoms with Gasteiger partial charge in [0.25, 0.3) is 5.91 Å². The Morgan fingerprint density at radius 3 is 2.56 bits per heavy atom. The number of amides is 1. The summed E-state index contributed by atoms with van der Waals surface area (Å²) in [6.45, 7) is 3.92. The monoisotopic (exact) mass is 486 g/mol. The minimum Gasteiger partial charge on any atom is -0.476 e. The predicted octanol–water partition coefficient (Wildman–Crippen LogP) is 2.65.